The van der Waals surface area contributed by atoms with Crippen LogP contribution in [-0.2, 0) is 9.59 Å². The quantitative estimate of drug-likeness (QED) is 0.900. The third-order valence-electron chi connectivity index (χ3n) is 4.10. The fourth-order valence-corrected chi connectivity index (χ4v) is 4.41. The topological polar surface area (TPSA) is 58.6 Å². The molecule has 2 amide bonds. The van der Waals surface area contributed by atoms with E-state index in [2.05, 4.69) is 10.1 Å². The molecule has 24 heavy (non-hydrogen) atoms. The van der Waals surface area contributed by atoms with E-state index in [1.165, 1.54) is 12.1 Å². The van der Waals surface area contributed by atoms with Crippen LogP contribution in [0.15, 0.2) is 24.3 Å². The van der Waals surface area contributed by atoms with E-state index in [0.717, 1.165) is 12.1 Å². The van der Waals surface area contributed by atoms with Gasteiger partial charge >= 0.3 is 6.36 Å². The highest BCUT2D eigenvalue weighted by molar-refractivity contribution is 8.01. The van der Waals surface area contributed by atoms with Crippen molar-refractivity contribution in [1.29, 1.82) is 0 Å². The molecule has 0 spiro atoms. The monoisotopic (exact) mass is 360 g/mol. The second kappa shape index (κ2) is 5.87. The predicted octanol–water partition coefficient (Wildman–Crippen LogP) is 2.98. The van der Waals surface area contributed by atoms with Gasteiger partial charge in [-0.25, -0.2) is 0 Å². The minimum atomic E-state index is -4.76. The fraction of sp³-hybridized carbons (Fsp3) is 0.467. The van der Waals surface area contributed by atoms with E-state index in [1.54, 1.807) is 16.7 Å². The van der Waals surface area contributed by atoms with Crippen molar-refractivity contribution in [2.75, 3.05) is 11.1 Å². The summed E-state index contributed by atoms with van der Waals surface area (Å²) in [6, 6.07) is 4.33. The van der Waals surface area contributed by atoms with Gasteiger partial charge in [0.15, 0.2) is 0 Å². The van der Waals surface area contributed by atoms with Crippen molar-refractivity contribution in [2.45, 2.75) is 37.0 Å². The van der Waals surface area contributed by atoms with Gasteiger partial charge in [-0.15, -0.1) is 24.9 Å². The van der Waals surface area contributed by atoms with Crippen LogP contribution in [0.25, 0.3) is 0 Å². The Bertz CT molecular complexity index is 665. The molecule has 2 unspecified atom stereocenters. The number of alkyl halides is 3. The molecule has 2 saturated heterocycles. The van der Waals surface area contributed by atoms with Gasteiger partial charge in [-0.05, 0) is 37.6 Å². The van der Waals surface area contributed by atoms with Crippen LogP contribution in [-0.4, -0.2) is 39.7 Å². The lowest BCUT2D eigenvalue weighted by molar-refractivity contribution is -0.274. The van der Waals surface area contributed by atoms with E-state index in [4.69, 9.17) is 0 Å². The van der Waals surface area contributed by atoms with Gasteiger partial charge in [-0.1, -0.05) is 0 Å². The number of anilines is 1. The Kier molecular flexibility index (Phi) is 4.15. The number of nitrogens with zero attached hydrogens (tertiary/aromatic N) is 1. The maximum absolute atomic E-state index is 12.4. The molecular weight excluding hydrogens is 345 g/mol. The summed E-state index contributed by atoms with van der Waals surface area (Å²) in [5, 5.41) is 2.64. The van der Waals surface area contributed by atoms with Crippen LogP contribution in [0, 0.1) is 0 Å². The van der Waals surface area contributed by atoms with Crippen molar-refractivity contribution in [2.24, 2.45) is 0 Å². The van der Waals surface area contributed by atoms with Crippen molar-refractivity contribution in [3.05, 3.63) is 24.3 Å². The minimum absolute atomic E-state index is 0.0448. The van der Waals surface area contributed by atoms with Gasteiger partial charge in [-0.3, -0.25) is 9.59 Å². The van der Waals surface area contributed by atoms with Crippen LogP contribution >= 0.6 is 11.8 Å². The smallest absolute Gasteiger partial charge is 0.406 e. The van der Waals surface area contributed by atoms with Crippen molar-refractivity contribution in [3.8, 4) is 5.75 Å². The van der Waals surface area contributed by atoms with Gasteiger partial charge in [0, 0.05) is 17.9 Å². The van der Waals surface area contributed by atoms with Crippen LogP contribution in [0.1, 0.15) is 19.8 Å². The molecule has 0 aliphatic carbocycles. The summed E-state index contributed by atoms with van der Waals surface area (Å²) < 4.78 is 40.1. The first-order valence-electron chi connectivity index (χ1n) is 7.31. The first-order valence-corrected chi connectivity index (χ1v) is 8.29. The number of nitrogens with one attached hydrogen (secondary N) is 1. The summed E-state index contributed by atoms with van der Waals surface area (Å²) in [5.41, 5.74) is 0.347. The van der Waals surface area contributed by atoms with E-state index >= 15 is 0 Å². The number of halogens is 3. The molecule has 2 aliphatic rings. The van der Waals surface area contributed by atoms with Gasteiger partial charge in [0.05, 0.1) is 4.87 Å². The number of fused-ring (bicyclic) bond motifs is 1. The van der Waals surface area contributed by atoms with Gasteiger partial charge in [-0.2, -0.15) is 0 Å². The molecule has 3 rings (SSSR count). The third kappa shape index (κ3) is 3.31. The maximum Gasteiger partial charge on any atom is 0.573 e. The summed E-state index contributed by atoms with van der Waals surface area (Å²) in [4.78, 5) is 25.7. The zero-order valence-corrected chi connectivity index (χ0v) is 13.5. The Morgan fingerprint density at radius 3 is 2.67 bits per heavy atom. The summed E-state index contributed by atoms with van der Waals surface area (Å²) in [5.74, 6) is -0.245. The maximum atomic E-state index is 12.4. The average Bonchev–Trinajstić information content (AvgIpc) is 2.97. The normalized spacial score (nSPS) is 26.4. The number of carbonyl (C=O) groups excluding carboxylic acids is 2. The van der Waals surface area contributed by atoms with Crippen molar-refractivity contribution in [3.63, 3.8) is 0 Å². The molecule has 0 bridgehead atoms. The molecule has 9 heteroatoms. The second-order valence-corrected chi connectivity index (χ2v) is 7.33. The number of carbonyl (C=O) groups is 2. The van der Waals surface area contributed by atoms with Gasteiger partial charge in [0.2, 0.25) is 11.8 Å². The number of hydrogen-bond donors (Lipinski definition) is 1. The molecule has 1 aromatic carbocycles. The van der Waals surface area contributed by atoms with E-state index in [9.17, 15) is 22.8 Å². The molecular formula is C15H15F3N2O3S. The largest absolute Gasteiger partial charge is 0.573 e. The lowest BCUT2D eigenvalue weighted by Gasteiger charge is -2.29. The molecule has 0 radical (unpaired) electrons. The first kappa shape index (κ1) is 16.9. The minimum Gasteiger partial charge on any atom is -0.406 e. The molecule has 1 aromatic rings. The highest BCUT2D eigenvalue weighted by atomic mass is 32.2. The van der Waals surface area contributed by atoms with Crippen LogP contribution in [0.3, 0.4) is 0 Å². The highest BCUT2D eigenvalue weighted by Crippen LogP contribution is 2.47. The number of rotatable bonds is 3. The number of amides is 2. The molecule has 130 valence electrons. The van der Waals surface area contributed by atoms with Crippen LogP contribution < -0.4 is 10.1 Å². The lowest BCUT2D eigenvalue weighted by Crippen LogP contribution is -2.48. The molecule has 0 saturated carbocycles. The Balaban J connectivity index is 1.66. The van der Waals surface area contributed by atoms with E-state index < -0.39 is 12.4 Å². The van der Waals surface area contributed by atoms with Gasteiger partial charge in [0.25, 0.3) is 0 Å². The molecule has 0 aromatic heterocycles. The number of hydrogen-bond acceptors (Lipinski definition) is 4. The number of ether oxygens (including phenoxy) is 1. The SMILES string of the molecule is CC12CCC(=O)N1C(C(=O)Nc1ccc(OC(F)(F)F)cc1)CS2. The van der Waals surface area contributed by atoms with Crippen LogP contribution in [0.4, 0.5) is 18.9 Å². The zero-order valence-electron chi connectivity index (χ0n) is 12.7. The van der Waals surface area contributed by atoms with Gasteiger partial charge in [0.1, 0.15) is 11.8 Å². The molecule has 2 aliphatic heterocycles. The standard InChI is InChI=1S/C15H15F3N2O3S/c1-14-7-6-12(21)20(14)11(8-24-14)13(22)19-9-2-4-10(5-3-9)23-15(16,17)18/h2-5,11H,6-8H2,1H3,(H,19,22). The molecule has 2 heterocycles. The Morgan fingerprint density at radius 1 is 1.38 bits per heavy atom. The van der Waals surface area contributed by atoms with Crippen molar-refractivity contribution in [1.82, 2.24) is 4.90 Å². The fourth-order valence-electron chi connectivity index (χ4n) is 2.98. The zero-order chi connectivity index (χ0) is 17.5. The molecule has 2 atom stereocenters. The van der Waals surface area contributed by atoms with E-state index in [-0.39, 0.29) is 22.4 Å². The molecule has 5 nitrogen and oxygen atoms in total. The number of thioether (sulfide) groups is 1. The van der Waals surface area contributed by atoms with Crippen molar-refractivity contribution >= 4 is 29.3 Å². The first-order chi connectivity index (χ1) is 11.2. The van der Waals surface area contributed by atoms with Crippen LogP contribution in [0.5, 0.6) is 5.75 Å². The van der Waals surface area contributed by atoms with Crippen LogP contribution in [0.2, 0.25) is 0 Å². The lowest BCUT2D eigenvalue weighted by atomic mass is 10.2. The average molecular weight is 360 g/mol. The summed E-state index contributed by atoms with van der Waals surface area (Å²) in [6.45, 7) is 1.94. The van der Waals surface area contributed by atoms with Crippen molar-refractivity contribution < 1.29 is 27.5 Å². The number of benzene rings is 1. The Hall–Kier alpha value is -1.90. The summed E-state index contributed by atoms with van der Waals surface area (Å²) in [6.07, 6.45) is -3.62. The highest BCUT2D eigenvalue weighted by Gasteiger charge is 2.52. The summed E-state index contributed by atoms with van der Waals surface area (Å²) >= 11 is 1.57. The molecule has 1 N–H and O–H groups in total. The van der Waals surface area contributed by atoms with E-state index in [1.807, 2.05) is 6.92 Å². The van der Waals surface area contributed by atoms with E-state index in [0.29, 0.717) is 24.3 Å². The summed E-state index contributed by atoms with van der Waals surface area (Å²) in [7, 11) is 0. The third-order valence-corrected chi connectivity index (χ3v) is 5.61. The van der Waals surface area contributed by atoms with Gasteiger partial charge < -0.3 is 15.0 Å². The molecule has 2 fully saturated rings. The Morgan fingerprint density at radius 2 is 2.04 bits per heavy atom. The second-order valence-electron chi connectivity index (χ2n) is 5.83. The Labute approximate surface area is 140 Å². The predicted molar refractivity (Wildman–Crippen MR) is 82.5 cm³/mol.